The number of Topliss-reactive ketones (excluding diaryl/α,β-unsaturated/α-hetero) is 1. The highest BCUT2D eigenvalue weighted by Gasteiger charge is 2.19. The van der Waals surface area contributed by atoms with E-state index in [2.05, 4.69) is 0 Å². The van der Waals surface area contributed by atoms with Crippen molar-refractivity contribution in [1.82, 2.24) is 0 Å². The summed E-state index contributed by atoms with van der Waals surface area (Å²) in [6.07, 6.45) is 8.57. The zero-order valence-electron chi connectivity index (χ0n) is 9.95. The van der Waals surface area contributed by atoms with Gasteiger partial charge in [-0.1, -0.05) is 0 Å². The molecule has 3 nitrogen and oxygen atoms in total. The van der Waals surface area contributed by atoms with Crippen molar-refractivity contribution in [3.8, 4) is 0 Å². The molecule has 2 atom stereocenters. The monoisotopic (exact) mass is 226 g/mol. The molecule has 0 aromatic rings. The lowest BCUT2D eigenvalue weighted by molar-refractivity contribution is -0.121. The molecule has 0 saturated carbocycles. The lowest BCUT2D eigenvalue weighted by atomic mass is 10.0. The van der Waals surface area contributed by atoms with E-state index < -0.39 is 0 Å². The van der Waals surface area contributed by atoms with Crippen molar-refractivity contribution in [2.45, 2.75) is 63.6 Å². The maximum Gasteiger partial charge on any atom is 0.135 e. The average molecular weight is 226 g/mol. The number of carbonyl (C=O) groups is 1. The van der Waals surface area contributed by atoms with E-state index in [0.29, 0.717) is 24.7 Å². The second-order valence-corrected chi connectivity index (χ2v) is 4.91. The summed E-state index contributed by atoms with van der Waals surface area (Å²) in [4.78, 5) is 11.7. The first-order valence-corrected chi connectivity index (χ1v) is 6.59. The van der Waals surface area contributed by atoms with Gasteiger partial charge in [-0.3, -0.25) is 4.79 Å². The SMILES string of the molecule is O=C(CCCC1CCCO1)CC1CCCO1. The summed E-state index contributed by atoms with van der Waals surface area (Å²) in [5, 5.41) is 0. The van der Waals surface area contributed by atoms with Crippen LogP contribution in [0.15, 0.2) is 0 Å². The van der Waals surface area contributed by atoms with Gasteiger partial charge in [0.15, 0.2) is 0 Å². The van der Waals surface area contributed by atoms with Gasteiger partial charge in [0.05, 0.1) is 12.2 Å². The van der Waals surface area contributed by atoms with Crippen LogP contribution in [0.5, 0.6) is 0 Å². The lowest BCUT2D eigenvalue weighted by Gasteiger charge is -2.10. The molecule has 2 aliphatic heterocycles. The van der Waals surface area contributed by atoms with Gasteiger partial charge in [-0.15, -0.1) is 0 Å². The Kier molecular flexibility index (Phi) is 4.79. The van der Waals surface area contributed by atoms with E-state index in [9.17, 15) is 4.79 Å². The Morgan fingerprint density at radius 3 is 2.38 bits per heavy atom. The average Bonchev–Trinajstić information content (AvgIpc) is 2.90. The predicted octanol–water partition coefficient (Wildman–Crippen LogP) is 2.47. The Hall–Kier alpha value is -0.410. The van der Waals surface area contributed by atoms with Crippen LogP contribution in [-0.4, -0.2) is 31.2 Å². The van der Waals surface area contributed by atoms with Crippen molar-refractivity contribution in [3.05, 3.63) is 0 Å². The number of hydrogen-bond acceptors (Lipinski definition) is 3. The number of rotatable bonds is 6. The molecule has 0 aromatic carbocycles. The van der Waals surface area contributed by atoms with E-state index in [-0.39, 0.29) is 6.10 Å². The van der Waals surface area contributed by atoms with Crippen LogP contribution in [-0.2, 0) is 14.3 Å². The minimum Gasteiger partial charge on any atom is -0.378 e. The van der Waals surface area contributed by atoms with Crippen molar-refractivity contribution in [3.63, 3.8) is 0 Å². The molecule has 0 amide bonds. The first kappa shape index (κ1) is 12.1. The van der Waals surface area contributed by atoms with Crippen molar-refractivity contribution >= 4 is 5.78 Å². The van der Waals surface area contributed by atoms with Crippen LogP contribution in [0.25, 0.3) is 0 Å². The van der Waals surface area contributed by atoms with Gasteiger partial charge in [-0.2, -0.15) is 0 Å². The predicted molar refractivity (Wildman–Crippen MR) is 61.4 cm³/mol. The largest absolute Gasteiger partial charge is 0.378 e. The van der Waals surface area contributed by atoms with Crippen LogP contribution in [0.2, 0.25) is 0 Å². The van der Waals surface area contributed by atoms with Crippen molar-refractivity contribution in [1.29, 1.82) is 0 Å². The van der Waals surface area contributed by atoms with Gasteiger partial charge < -0.3 is 9.47 Å². The van der Waals surface area contributed by atoms with Gasteiger partial charge in [0.2, 0.25) is 0 Å². The smallest absolute Gasteiger partial charge is 0.135 e. The van der Waals surface area contributed by atoms with Crippen LogP contribution >= 0.6 is 0 Å². The van der Waals surface area contributed by atoms with Gasteiger partial charge in [0.25, 0.3) is 0 Å². The Balaban J connectivity index is 1.52. The minimum atomic E-state index is 0.218. The van der Waals surface area contributed by atoms with Crippen molar-refractivity contribution in [2.75, 3.05) is 13.2 Å². The molecule has 2 heterocycles. The zero-order valence-corrected chi connectivity index (χ0v) is 9.95. The molecular weight excluding hydrogens is 204 g/mol. The normalized spacial score (nSPS) is 29.8. The molecule has 2 aliphatic rings. The molecule has 16 heavy (non-hydrogen) atoms. The van der Waals surface area contributed by atoms with Gasteiger partial charge in [0, 0.05) is 26.1 Å². The molecule has 2 fully saturated rings. The summed E-state index contributed by atoms with van der Waals surface area (Å²) in [7, 11) is 0. The van der Waals surface area contributed by atoms with Gasteiger partial charge in [-0.05, 0) is 38.5 Å². The van der Waals surface area contributed by atoms with Crippen molar-refractivity contribution < 1.29 is 14.3 Å². The maximum atomic E-state index is 11.7. The number of hydrogen-bond donors (Lipinski definition) is 0. The third-order valence-electron chi connectivity index (χ3n) is 3.49. The summed E-state index contributed by atoms with van der Waals surface area (Å²) >= 11 is 0. The maximum absolute atomic E-state index is 11.7. The fourth-order valence-electron chi connectivity index (χ4n) is 2.56. The van der Waals surface area contributed by atoms with E-state index in [0.717, 1.165) is 38.9 Å². The van der Waals surface area contributed by atoms with Crippen LogP contribution in [0.1, 0.15) is 51.4 Å². The van der Waals surface area contributed by atoms with E-state index >= 15 is 0 Å². The van der Waals surface area contributed by atoms with Gasteiger partial charge in [0.1, 0.15) is 5.78 Å². The van der Waals surface area contributed by atoms with Crippen LogP contribution in [0, 0.1) is 0 Å². The summed E-state index contributed by atoms with van der Waals surface area (Å²) in [5.41, 5.74) is 0. The summed E-state index contributed by atoms with van der Waals surface area (Å²) < 4.78 is 11.0. The van der Waals surface area contributed by atoms with E-state index in [1.807, 2.05) is 0 Å². The van der Waals surface area contributed by atoms with Crippen LogP contribution in [0.3, 0.4) is 0 Å². The summed E-state index contributed by atoms with van der Waals surface area (Å²) in [6.45, 7) is 1.75. The molecule has 0 aliphatic carbocycles. The molecule has 92 valence electrons. The second kappa shape index (κ2) is 6.36. The highest BCUT2D eigenvalue weighted by atomic mass is 16.5. The quantitative estimate of drug-likeness (QED) is 0.698. The highest BCUT2D eigenvalue weighted by Crippen LogP contribution is 2.20. The number of carbonyl (C=O) groups excluding carboxylic acids is 1. The Bertz CT molecular complexity index is 215. The van der Waals surface area contributed by atoms with Gasteiger partial charge in [-0.25, -0.2) is 0 Å². The molecule has 0 bridgehead atoms. The first-order chi connectivity index (χ1) is 7.84. The first-order valence-electron chi connectivity index (χ1n) is 6.59. The van der Waals surface area contributed by atoms with E-state index in [1.54, 1.807) is 0 Å². The van der Waals surface area contributed by atoms with E-state index in [1.165, 1.54) is 12.8 Å². The Morgan fingerprint density at radius 1 is 1.06 bits per heavy atom. The molecule has 0 spiro atoms. The molecule has 0 radical (unpaired) electrons. The van der Waals surface area contributed by atoms with E-state index in [4.69, 9.17) is 9.47 Å². The molecule has 2 saturated heterocycles. The molecular formula is C13H22O3. The third-order valence-corrected chi connectivity index (χ3v) is 3.49. The molecule has 2 unspecified atom stereocenters. The molecule has 2 rings (SSSR count). The third kappa shape index (κ3) is 3.87. The Labute approximate surface area is 97.5 Å². The zero-order chi connectivity index (χ0) is 11.2. The molecule has 0 aromatic heterocycles. The van der Waals surface area contributed by atoms with Crippen molar-refractivity contribution in [2.24, 2.45) is 0 Å². The fourth-order valence-corrected chi connectivity index (χ4v) is 2.56. The van der Waals surface area contributed by atoms with Gasteiger partial charge >= 0.3 is 0 Å². The topological polar surface area (TPSA) is 35.5 Å². The fraction of sp³-hybridized carbons (Fsp3) is 0.923. The lowest BCUT2D eigenvalue weighted by Crippen LogP contribution is -2.13. The van der Waals surface area contributed by atoms with Crippen LogP contribution < -0.4 is 0 Å². The standard InChI is InChI=1S/C13H22O3/c14-11(10-13-7-3-9-16-13)4-1-5-12-6-2-8-15-12/h12-13H,1-10H2. The highest BCUT2D eigenvalue weighted by molar-refractivity contribution is 5.78. The number of ether oxygens (including phenoxy) is 2. The number of ketones is 1. The molecule has 0 N–H and O–H groups in total. The molecule has 3 heteroatoms. The Morgan fingerprint density at radius 2 is 1.75 bits per heavy atom. The summed E-state index contributed by atoms with van der Waals surface area (Å²) in [5.74, 6) is 0.366. The second-order valence-electron chi connectivity index (χ2n) is 4.91. The van der Waals surface area contributed by atoms with Crippen LogP contribution in [0.4, 0.5) is 0 Å². The minimum absolute atomic E-state index is 0.218. The summed E-state index contributed by atoms with van der Waals surface area (Å²) in [6, 6.07) is 0.